The summed E-state index contributed by atoms with van der Waals surface area (Å²) in [5.41, 5.74) is 2.57. The fourth-order valence-corrected chi connectivity index (χ4v) is 3.31. The molecular formula is C23H17IrN2-. The van der Waals surface area contributed by atoms with Crippen LogP contribution in [-0.4, -0.2) is 9.38 Å². The summed E-state index contributed by atoms with van der Waals surface area (Å²) in [5, 5.41) is 0.352. The first kappa shape index (κ1) is 10.0. The molecule has 5 rings (SSSR count). The summed E-state index contributed by atoms with van der Waals surface area (Å²) in [6.45, 7) is 3.72. The zero-order chi connectivity index (χ0) is 23.9. The van der Waals surface area contributed by atoms with Gasteiger partial charge < -0.3 is 4.40 Å². The number of hydrogen-bond acceptors (Lipinski definition) is 1. The van der Waals surface area contributed by atoms with Gasteiger partial charge in [-0.2, -0.15) is 0 Å². The topological polar surface area (TPSA) is 17.3 Å². The van der Waals surface area contributed by atoms with Gasteiger partial charge in [-0.15, -0.1) is 29.6 Å². The van der Waals surface area contributed by atoms with E-state index in [0.717, 1.165) is 11.1 Å². The Balaban J connectivity index is 0.00000274. The van der Waals surface area contributed by atoms with Crippen molar-refractivity contribution in [1.82, 2.24) is 9.38 Å². The summed E-state index contributed by atoms with van der Waals surface area (Å²) in [6.07, 6.45) is -0.702. The molecule has 0 unspecified atom stereocenters. The van der Waals surface area contributed by atoms with Crippen molar-refractivity contribution in [3.63, 3.8) is 0 Å². The Morgan fingerprint density at radius 2 is 1.88 bits per heavy atom. The first-order chi connectivity index (χ1) is 15.6. The second kappa shape index (κ2) is 6.35. The number of imidazole rings is 1. The van der Waals surface area contributed by atoms with Crippen LogP contribution in [0.3, 0.4) is 0 Å². The van der Waals surface area contributed by atoms with Crippen molar-refractivity contribution in [2.45, 2.75) is 13.8 Å². The third-order valence-corrected chi connectivity index (χ3v) is 4.44. The Kier molecular flexibility index (Phi) is 2.45. The van der Waals surface area contributed by atoms with Crippen LogP contribution in [0.4, 0.5) is 0 Å². The number of nitrogens with zero attached hydrogens (tertiary/aromatic N) is 2. The Morgan fingerprint density at radius 3 is 2.69 bits per heavy atom. The van der Waals surface area contributed by atoms with E-state index in [1.54, 1.807) is 0 Å². The average molecular weight is 522 g/mol. The summed E-state index contributed by atoms with van der Waals surface area (Å²) < 4.78 is 69.1. The first-order valence-electron chi connectivity index (χ1n) is 11.9. The molecule has 26 heavy (non-hydrogen) atoms. The zero-order valence-corrected chi connectivity index (χ0v) is 16.4. The van der Waals surface area contributed by atoms with E-state index in [9.17, 15) is 0 Å². The SMILES string of the molecule is [2H]c1[c-]c2c(c([2H])c1[2H])c1c([2H])c(-c3c(C)cccc3C)c([2H])c([2H])c1n1c([2H])c([2H])nc21.[Ir]. The normalized spacial score (nSPS) is 15.5. The molecule has 0 atom stereocenters. The number of aromatic nitrogens is 2. The van der Waals surface area contributed by atoms with Crippen LogP contribution in [0, 0.1) is 19.9 Å². The minimum absolute atomic E-state index is 0. The van der Waals surface area contributed by atoms with Crippen molar-refractivity contribution in [2.24, 2.45) is 0 Å². The van der Waals surface area contributed by atoms with Crippen LogP contribution in [0.1, 0.15) is 22.1 Å². The minimum Gasteiger partial charge on any atom is -0.340 e. The Bertz CT molecular complexity index is 1660. The van der Waals surface area contributed by atoms with Crippen LogP contribution >= 0.6 is 0 Å². The monoisotopic (exact) mass is 522 g/mol. The fraction of sp³-hybridized carbons (Fsp3) is 0.0870. The summed E-state index contributed by atoms with van der Waals surface area (Å²) in [4.78, 5) is 4.09. The van der Waals surface area contributed by atoms with E-state index >= 15 is 0 Å². The molecule has 1 radical (unpaired) electrons. The van der Waals surface area contributed by atoms with E-state index in [2.05, 4.69) is 11.1 Å². The van der Waals surface area contributed by atoms with Crippen LogP contribution in [0.5, 0.6) is 0 Å². The molecule has 2 aromatic heterocycles. The molecule has 129 valence electrons. The predicted molar refractivity (Wildman–Crippen MR) is 104 cm³/mol. The average Bonchev–Trinajstić information content (AvgIpc) is 3.06. The van der Waals surface area contributed by atoms with E-state index in [4.69, 9.17) is 11.0 Å². The molecule has 0 fully saturated rings. The largest absolute Gasteiger partial charge is 0.340 e. The molecule has 2 nitrogen and oxygen atoms in total. The summed E-state index contributed by atoms with van der Waals surface area (Å²) in [7, 11) is 0. The van der Waals surface area contributed by atoms with E-state index in [0.29, 0.717) is 5.56 Å². The molecule has 0 N–H and O–H groups in total. The Morgan fingerprint density at radius 1 is 1.08 bits per heavy atom. The molecule has 0 aliphatic heterocycles. The molecule has 0 saturated carbocycles. The molecule has 0 amide bonds. The molecular weight excluding hydrogens is 496 g/mol. The summed E-state index contributed by atoms with van der Waals surface area (Å²) >= 11 is 0. The van der Waals surface area contributed by atoms with Crippen molar-refractivity contribution in [2.75, 3.05) is 0 Å². The van der Waals surface area contributed by atoms with Gasteiger partial charge >= 0.3 is 0 Å². The molecule has 0 aliphatic carbocycles. The van der Waals surface area contributed by atoms with Crippen LogP contribution < -0.4 is 0 Å². The van der Waals surface area contributed by atoms with Crippen LogP contribution in [0.2, 0.25) is 0 Å². The van der Waals surface area contributed by atoms with Crippen LogP contribution in [0.25, 0.3) is 38.4 Å². The first-order valence-corrected chi connectivity index (χ1v) is 7.86. The van der Waals surface area contributed by atoms with Gasteiger partial charge in [-0.05, 0) is 48.9 Å². The maximum atomic E-state index is 9.11. The van der Waals surface area contributed by atoms with Crippen LogP contribution in [0.15, 0.2) is 66.8 Å². The minimum atomic E-state index is -0.383. The van der Waals surface area contributed by atoms with Crippen LogP contribution in [-0.2, 0) is 20.1 Å². The second-order valence-electron chi connectivity index (χ2n) is 5.98. The van der Waals surface area contributed by atoms with E-state index in [-0.39, 0.29) is 102 Å². The van der Waals surface area contributed by atoms with Gasteiger partial charge in [0, 0.05) is 40.7 Å². The molecule has 3 aromatic carbocycles. The number of hydrogen-bond donors (Lipinski definition) is 0. The van der Waals surface area contributed by atoms with Gasteiger partial charge in [-0.1, -0.05) is 35.7 Å². The van der Waals surface area contributed by atoms with Gasteiger partial charge in [0.2, 0.25) is 0 Å². The number of fused-ring (bicyclic) bond motifs is 6. The predicted octanol–water partition coefficient (Wildman–Crippen LogP) is 5.72. The van der Waals surface area contributed by atoms with Crippen molar-refractivity contribution in [1.29, 1.82) is 0 Å². The van der Waals surface area contributed by atoms with Gasteiger partial charge in [0.25, 0.3) is 0 Å². The quantitative estimate of drug-likeness (QED) is 0.204. The molecule has 0 aliphatic rings. The molecule has 3 heteroatoms. The maximum Gasteiger partial charge on any atom is 0.0846 e. The van der Waals surface area contributed by atoms with Gasteiger partial charge in [0.15, 0.2) is 0 Å². The third-order valence-electron chi connectivity index (χ3n) is 4.44. The van der Waals surface area contributed by atoms with Crippen molar-refractivity contribution >= 4 is 27.3 Å². The number of rotatable bonds is 1. The molecule has 0 saturated heterocycles. The standard InChI is InChI=1S/C23H17N2.Ir/c1-15-6-5-7-16(2)22(15)17-10-11-21-20(14-17)18-8-3-4-9-19(18)23-24-12-13-25(21)23;/h3-8,10-14H,1-2H3;/q-1;/i3D,4D,8D,10D,11D,12D,13D,14D;. The Labute approximate surface area is 177 Å². The number of pyridine rings is 1. The van der Waals surface area contributed by atoms with E-state index < -0.39 is 0 Å². The van der Waals surface area contributed by atoms with Gasteiger partial charge in [-0.3, -0.25) is 4.98 Å². The van der Waals surface area contributed by atoms with E-state index in [1.807, 2.05) is 32.0 Å². The summed E-state index contributed by atoms with van der Waals surface area (Å²) in [6, 6.07) is 6.70. The molecule has 2 heterocycles. The number of benzene rings is 3. The summed E-state index contributed by atoms with van der Waals surface area (Å²) in [5.74, 6) is 0. The number of aryl methyl sites for hydroxylation is 2. The van der Waals surface area contributed by atoms with Gasteiger partial charge in [-0.25, -0.2) is 0 Å². The smallest absolute Gasteiger partial charge is 0.0846 e. The maximum absolute atomic E-state index is 9.11. The van der Waals surface area contributed by atoms with Crippen molar-refractivity contribution in [3.8, 4) is 11.1 Å². The Hall–Kier alpha value is -2.48. The van der Waals surface area contributed by atoms with Crippen molar-refractivity contribution in [3.05, 3.63) is 84.0 Å². The van der Waals surface area contributed by atoms with Gasteiger partial charge in [0.1, 0.15) is 0 Å². The van der Waals surface area contributed by atoms with Crippen molar-refractivity contribution < 1.29 is 31.1 Å². The molecule has 0 spiro atoms. The van der Waals surface area contributed by atoms with E-state index in [1.165, 1.54) is 4.40 Å². The zero-order valence-electron chi connectivity index (χ0n) is 22.0. The molecule has 0 bridgehead atoms. The molecule has 5 aromatic rings. The second-order valence-corrected chi connectivity index (χ2v) is 5.98. The third kappa shape index (κ3) is 2.39. The fourth-order valence-electron chi connectivity index (χ4n) is 3.31. The van der Waals surface area contributed by atoms with Gasteiger partial charge in [0.05, 0.1) is 12.5 Å².